The molecule has 35 heavy (non-hydrogen) atoms. The van der Waals surface area contributed by atoms with Crippen molar-refractivity contribution in [3.05, 3.63) is 60.2 Å². The minimum atomic E-state index is -0.865. The lowest BCUT2D eigenvalue weighted by molar-refractivity contribution is 0.0722. The maximum Gasteiger partial charge on any atom is 0.407 e. The fourth-order valence-corrected chi connectivity index (χ4v) is 6.25. The summed E-state index contributed by atoms with van der Waals surface area (Å²) in [6.45, 7) is 14.7. The van der Waals surface area contributed by atoms with Gasteiger partial charge in [-0.2, -0.15) is 0 Å². The predicted molar refractivity (Wildman–Crippen MR) is 141 cm³/mol. The molecule has 3 rings (SSSR count). The van der Waals surface area contributed by atoms with Crippen LogP contribution in [0.3, 0.4) is 0 Å². The van der Waals surface area contributed by atoms with Gasteiger partial charge in [-0.3, -0.25) is 9.59 Å². The van der Waals surface area contributed by atoms with E-state index in [2.05, 4.69) is 38.0 Å². The normalized spacial score (nSPS) is 17.9. The Balaban J connectivity index is 1.86. The first kappa shape index (κ1) is 26.7. The first-order chi connectivity index (χ1) is 16.3. The number of aryl methyl sites for hydroxylation is 2. The summed E-state index contributed by atoms with van der Waals surface area (Å²) in [4.78, 5) is 42.6. The van der Waals surface area contributed by atoms with Gasteiger partial charge in [0.05, 0.1) is 5.56 Å². The molecule has 2 aromatic rings. The monoisotopic (exact) mass is 499 g/mol. The van der Waals surface area contributed by atoms with Gasteiger partial charge in [0.15, 0.2) is 0 Å². The standard InChI is InChI=1S/C27H37N3O4S/c1-8-19(18-9-10-30(26(33)34)22(12-18)27(5,6)7)23-17(4)21(14-35-23)24(31)28-13-20-15(2)11-16(3)29-25(20)32/h11,14,22H,8-10,12-13H2,1-7H3,(H,28,31)(H,29,32)(H,33,34). The zero-order chi connectivity index (χ0) is 26.1. The number of pyridine rings is 1. The number of hydrogen-bond donors (Lipinski definition) is 3. The second-order valence-electron chi connectivity index (χ2n) is 10.5. The molecule has 1 fully saturated rings. The van der Waals surface area contributed by atoms with Gasteiger partial charge in [-0.25, -0.2) is 4.79 Å². The SMILES string of the molecule is CCC(=C1CCN(C(=O)O)C(C(C)(C)C)C1)c1scc(C(=O)NCc2c(C)cc(C)[nH]c2=O)c1C. The van der Waals surface area contributed by atoms with Crippen LogP contribution in [0, 0.1) is 26.2 Å². The zero-order valence-electron chi connectivity index (χ0n) is 21.8. The first-order valence-electron chi connectivity index (χ1n) is 12.1. The van der Waals surface area contributed by atoms with Crippen LogP contribution in [0.2, 0.25) is 0 Å². The molecule has 1 aliphatic heterocycles. The van der Waals surface area contributed by atoms with E-state index in [1.165, 1.54) is 11.1 Å². The lowest BCUT2D eigenvalue weighted by Gasteiger charge is -2.43. The number of H-pyrrole nitrogens is 1. The number of carbonyl (C=O) groups excluding carboxylic acids is 1. The Morgan fingerprint density at radius 2 is 1.94 bits per heavy atom. The van der Waals surface area contributed by atoms with Gasteiger partial charge in [-0.05, 0) is 68.2 Å². The molecule has 190 valence electrons. The highest BCUT2D eigenvalue weighted by Crippen LogP contribution is 2.40. The number of aromatic amines is 1. The minimum Gasteiger partial charge on any atom is -0.465 e. The number of hydrogen-bond acceptors (Lipinski definition) is 4. The molecule has 3 heterocycles. The molecule has 0 aromatic carbocycles. The van der Waals surface area contributed by atoms with Gasteiger partial charge in [-0.1, -0.05) is 33.3 Å². The van der Waals surface area contributed by atoms with Gasteiger partial charge in [0.2, 0.25) is 0 Å². The van der Waals surface area contributed by atoms with E-state index in [1.54, 1.807) is 16.2 Å². The van der Waals surface area contributed by atoms with Crippen molar-refractivity contribution in [2.75, 3.05) is 6.54 Å². The predicted octanol–water partition coefficient (Wildman–Crippen LogP) is 5.64. The number of nitrogens with zero attached hydrogens (tertiary/aromatic N) is 1. The van der Waals surface area contributed by atoms with Crippen molar-refractivity contribution < 1.29 is 14.7 Å². The summed E-state index contributed by atoms with van der Waals surface area (Å²) in [5, 5.41) is 14.5. The van der Waals surface area contributed by atoms with Crippen molar-refractivity contribution in [3.63, 3.8) is 0 Å². The number of nitrogens with one attached hydrogen (secondary N) is 2. The Hall–Kier alpha value is -2.87. The van der Waals surface area contributed by atoms with E-state index in [1.807, 2.05) is 32.2 Å². The third kappa shape index (κ3) is 5.69. The Morgan fingerprint density at radius 1 is 1.26 bits per heavy atom. The molecule has 7 nitrogen and oxygen atoms in total. The van der Waals surface area contributed by atoms with Crippen LogP contribution in [0.5, 0.6) is 0 Å². The van der Waals surface area contributed by atoms with Crippen LogP contribution >= 0.6 is 11.3 Å². The minimum absolute atomic E-state index is 0.0934. The summed E-state index contributed by atoms with van der Waals surface area (Å²) >= 11 is 1.56. The summed E-state index contributed by atoms with van der Waals surface area (Å²) < 4.78 is 0. The van der Waals surface area contributed by atoms with Crippen LogP contribution in [-0.2, 0) is 6.54 Å². The first-order valence-corrected chi connectivity index (χ1v) is 13.0. The van der Waals surface area contributed by atoms with Crippen molar-refractivity contribution in [1.82, 2.24) is 15.2 Å². The summed E-state index contributed by atoms with van der Waals surface area (Å²) in [5.41, 5.74) is 5.91. The number of thiophene rings is 1. The highest BCUT2D eigenvalue weighted by Gasteiger charge is 2.37. The summed E-state index contributed by atoms with van der Waals surface area (Å²) in [7, 11) is 0. The zero-order valence-corrected chi connectivity index (χ0v) is 22.6. The van der Waals surface area contributed by atoms with Crippen molar-refractivity contribution >= 4 is 28.9 Å². The molecular weight excluding hydrogens is 462 g/mol. The van der Waals surface area contributed by atoms with Crippen molar-refractivity contribution in [2.24, 2.45) is 5.41 Å². The molecule has 1 aliphatic rings. The maximum atomic E-state index is 13.0. The number of likely N-dealkylation sites (tertiary alicyclic amines) is 1. The van der Waals surface area contributed by atoms with Crippen molar-refractivity contribution in [3.8, 4) is 0 Å². The third-order valence-electron chi connectivity index (χ3n) is 6.97. The van der Waals surface area contributed by atoms with Crippen LogP contribution in [0.15, 0.2) is 21.8 Å². The lowest BCUT2D eigenvalue weighted by Crippen LogP contribution is -2.50. The van der Waals surface area contributed by atoms with Gasteiger partial charge >= 0.3 is 6.09 Å². The molecule has 1 atom stereocenters. The van der Waals surface area contributed by atoms with Crippen LogP contribution in [-0.4, -0.2) is 39.6 Å². The Kier molecular flexibility index (Phi) is 7.94. The average Bonchev–Trinajstić information content (AvgIpc) is 3.13. The van der Waals surface area contributed by atoms with Crippen molar-refractivity contribution in [2.45, 2.75) is 80.3 Å². The fraction of sp³-hybridized carbons (Fsp3) is 0.519. The van der Waals surface area contributed by atoms with Gasteiger partial charge in [-0.15, -0.1) is 11.3 Å². The average molecular weight is 500 g/mol. The van der Waals surface area contributed by atoms with E-state index < -0.39 is 6.09 Å². The maximum absolute atomic E-state index is 13.0. The van der Waals surface area contributed by atoms with E-state index in [0.29, 0.717) is 30.5 Å². The molecule has 0 aliphatic carbocycles. The van der Waals surface area contributed by atoms with Crippen LogP contribution < -0.4 is 10.9 Å². The van der Waals surface area contributed by atoms with E-state index in [-0.39, 0.29) is 29.5 Å². The van der Waals surface area contributed by atoms with Crippen molar-refractivity contribution in [1.29, 1.82) is 0 Å². The molecule has 0 saturated carbocycles. The molecule has 0 spiro atoms. The number of aromatic nitrogens is 1. The van der Waals surface area contributed by atoms with E-state index in [9.17, 15) is 19.5 Å². The Morgan fingerprint density at radius 3 is 2.51 bits per heavy atom. The van der Waals surface area contributed by atoms with Crippen LogP contribution in [0.1, 0.15) is 84.6 Å². The molecule has 2 amide bonds. The molecular formula is C27H37N3O4S. The molecule has 2 aromatic heterocycles. The topological polar surface area (TPSA) is 102 Å². The molecule has 8 heteroatoms. The highest BCUT2D eigenvalue weighted by atomic mass is 32.1. The van der Waals surface area contributed by atoms with E-state index in [0.717, 1.165) is 28.1 Å². The largest absolute Gasteiger partial charge is 0.465 e. The number of carbonyl (C=O) groups is 2. The Labute approximate surface area is 211 Å². The van der Waals surface area contributed by atoms with E-state index in [4.69, 9.17) is 0 Å². The van der Waals surface area contributed by atoms with Gasteiger partial charge in [0.25, 0.3) is 11.5 Å². The van der Waals surface area contributed by atoms with Gasteiger partial charge in [0, 0.05) is 40.6 Å². The lowest BCUT2D eigenvalue weighted by atomic mass is 9.77. The molecule has 1 saturated heterocycles. The van der Waals surface area contributed by atoms with E-state index >= 15 is 0 Å². The van der Waals surface area contributed by atoms with Crippen LogP contribution in [0.4, 0.5) is 4.79 Å². The number of piperidine rings is 1. The third-order valence-corrected chi connectivity index (χ3v) is 8.12. The quantitative estimate of drug-likeness (QED) is 0.495. The second kappa shape index (κ2) is 10.4. The summed E-state index contributed by atoms with van der Waals surface area (Å²) in [6.07, 6.45) is 1.36. The molecule has 0 radical (unpaired) electrons. The summed E-state index contributed by atoms with van der Waals surface area (Å²) in [5.74, 6) is -0.196. The molecule has 1 unspecified atom stereocenters. The number of allylic oxidation sites excluding steroid dienone is 1. The molecule has 3 N–H and O–H groups in total. The summed E-state index contributed by atoms with van der Waals surface area (Å²) in [6, 6.07) is 1.81. The Bertz CT molecular complexity index is 1220. The number of rotatable bonds is 5. The number of carboxylic acid groups (broad SMARTS) is 1. The number of amides is 2. The highest BCUT2D eigenvalue weighted by molar-refractivity contribution is 7.11. The van der Waals surface area contributed by atoms with Crippen LogP contribution in [0.25, 0.3) is 5.57 Å². The molecule has 0 bridgehead atoms. The second-order valence-corrected chi connectivity index (χ2v) is 11.4. The van der Waals surface area contributed by atoms with Gasteiger partial charge < -0.3 is 20.3 Å². The van der Waals surface area contributed by atoms with Gasteiger partial charge in [0.1, 0.15) is 0 Å². The fourth-order valence-electron chi connectivity index (χ4n) is 5.01. The smallest absolute Gasteiger partial charge is 0.407 e.